The van der Waals surface area contributed by atoms with Crippen LogP contribution in [0.1, 0.15) is 25.0 Å². The quantitative estimate of drug-likeness (QED) is 0.496. The lowest BCUT2D eigenvalue weighted by Gasteiger charge is -2.11. The summed E-state index contributed by atoms with van der Waals surface area (Å²) in [5.74, 6) is -1.16. The van der Waals surface area contributed by atoms with Gasteiger partial charge in [0.25, 0.3) is 11.1 Å². The normalized spacial score (nSPS) is 15.6. The van der Waals surface area contributed by atoms with Crippen molar-refractivity contribution >= 4 is 46.6 Å². The largest absolute Gasteiger partial charge is 0.481 e. The summed E-state index contributed by atoms with van der Waals surface area (Å²) in [6.45, 7) is 0.164. The Balaban J connectivity index is 1.71. The molecule has 0 bridgehead atoms. The standard InChI is InChI=1S/C19H15ClFNO5S/c20-14-6-4-11(21)9-13(14)15-7-5-12(27-15)10-16-18(25)22(19(26)28-16)8-2-1-3-17(23)24/h4-7,9-10H,1-3,8H2,(H,23,24)/b16-10-. The third-order valence-electron chi connectivity index (χ3n) is 3.99. The first kappa shape index (κ1) is 20.2. The smallest absolute Gasteiger partial charge is 0.303 e. The molecule has 0 unspecified atom stereocenters. The number of imide groups is 1. The fourth-order valence-corrected chi connectivity index (χ4v) is 3.69. The molecule has 0 saturated carbocycles. The van der Waals surface area contributed by atoms with Crippen molar-refractivity contribution in [3.63, 3.8) is 0 Å². The van der Waals surface area contributed by atoms with Gasteiger partial charge in [-0.05, 0) is 54.9 Å². The number of thioether (sulfide) groups is 1. The van der Waals surface area contributed by atoms with Crippen LogP contribution in [0.2, 0.25) is 5.02 Å². The molecule has 1 aromatic heterocycles. The van der Waals surface area contributed by atoms with Crippen LogP contribution >= 0.6 is 23.4 Å². The molecule has 1 fully saturated rings. The van der Waals surface area contributed by atoms with Gasteiger partial charge in [0.15, 0.2) is 0 Å². The Labute approximate surface area is 169 Å². The summed E-state index contributed by atoms with van der Waals surface area (Å²) < 4.78 is 19.1. The predicted octanol–water partition coefficient (Wildman–Crippen LogP) is 5.03. The summed E-state index contributed by atoms with van der Waals surface area (Å²) in [5.41, 5.74) is 0.382. The fraction of sp³-hybridized carbons (Fsp3) is 0.211. The van der Waals surface area contributed by atoms with Gasteiger partial charge in [-0.1, -0.05) is 11.6 Å². The van der Waals surface area contributed by atoms with Gasteiger partial charge in [-0.2, -0.15) is 0 Å². The van der Waals surface area contributed by atoms with Gasteiger partial charge in [-0.25, -0.2) is 4.39 Å². The highest BCUT2D eigenvalue weighted by Gasteiger charge is 2.34. The summed E-state index contributed by atoms with van der Waals surface area (Å²) in [4.78, 5) is 36.3. The van der Waals surface area contributed by atoms with E-state index in [1.165, 1.54) is 24.3 Å². The van der Waals surface area contributed by atoms with E-state index in [0.29, 0.717) is 34.9 Å². The molecule has 9 heteroatoms. The maximum atomic E-state index is 13.4. The maximum absolute atomic E-state index is 13.4. The molecule has 28 heavy (non-hydrogen) atoms. The first-order chi connectivity index (χ1) is 13.3. The minimum absolute atomic E-state index is 0.0100. The second-order valence-electron chi connectivity index (χ2n) is 6.01. The molecule has 2 amide bonds. The SMILES string of the molecule is O=C(O)CCCCN1C(=O)S/C(=C\c2ccc(-c3cc(F)ccc3Cl)o2)C1=O. The average molecular weight is 424 g/mol. The van der Waals surface area contributed by atoms with Gasteiger partial charge >= 0.3 is 5.97 Å². The lowest BCUT2D eigenvalue weighted by molar-refractivity contribution is -0.137. The van der Waals surface area contributed by atoms with Crippen molar-refractivity contribution in [1.29, 1.82) is 0 Å². The van der Waals surface area contributed by atoms with Crippen LogP contribution in [0.5, 0.6) is 0 Å². The first-order valence-electron chi connectivity index (χ1n) is 8.37. The number of unbranched alkanes of at least 4 members (excludes halogenated alkanes) is 1. The van der Waals surface area contributed by atoms with E-state index in [1.54, 1.807) is 12.1 Å². The number of benzene rings is 1. The highest BCUT2D eigenvalue weighted by atomic mass is 35.5. The van der Waals surface area contributed by atoms with Gasteiger partial charge in [0, 0.05) is 24.6 Å². The second kappa shape index (κ2) is 8.62. The van der Waals surface area contributed by atoms with E-state index in [0.717, 1.165) is 16.7 Å². The molecule has 0 atom stereocenters. The van der Waals surface area contributed by atoms with Crippen LogP contribution in [-0.2, 0) is 9.59 Å². The maximum Gasteiger partial charge on any atom is 0.303 e. The average Bonchev–Trinajstić information content (AvgIpc) is 3.20. The van der Waals surface area contributed by atoms with Crippen LogP contribution in [-0.4, -0.2) is 33.7 Å². The summed E-state index contributed by atoms with van der Waals surface area (Å²) in [7, 11) is 0. The van der Waals surface area contributed by atoms with Crippen molar-refractivity contribution in [2.45, 2.75) is 19.3 Å². The molecule has 1 aliphatic heterocycles. The molecule has 1 aromatic carbocycles. The Bertz CT molecular complexity index is 971. The number of hydrogen-bond acceptors (Lipinski definition) is 5. The van der Waals surface area contributed by atoms with Gasteiger partial charge in [0.1, 0.15) is 17.3 Å². The third kappa shape index (κ3) is 4.63. The molecule has 146 valence electrons. The van der Waals surface area contributed by atoms with Gasteiger partial charge < -0.3 is 9.52 Å². The van der Waals surface area contributed by atoms with Crippen LogP contribution in [0.15, 0.2) is 39.7 Å². The number of nitrogens with zero attached hydrogens (tertiary/aromatic N) is 1. The Morgan fingerprint density at radius 1 is 1.25 bits per heavy atom. The highest BCUT2D eigenvalue weighted by Crippen LogP contribution is 2.35. The number of hydrogen-bond donors (Lipinski definition) is 1. The summed E-state index contributed by atoms with van der Waals surface area (Å²) >= 11 is 6.85. The van der Waals surface area contributed by atoms with Crippen LogP contribution in [0.4, 0.5) is 9.18 Å². The third-order valence-corrected chi connectivity index (χ3v) is 5.23. The van der Waals surface area contributed by atoms with E-state index in [2.05, 4.69) is 0 Å². The molecule has 2 heterocycles. The van der Waals surface area contributed by atoms with Gasteiger partial charge in [-0.15, -0.1) is 0 Å². The number of furan rings is 1. The molecule has 3 rings (SSSR count). The topological polar surface area (TPSA) is 87.8 Å². The second-order valence-corrected chi connectivity index (χ2v) is 7.41. The zero-order chi connectivity index (χ0) is 20.3. The fourth-order valence-electron chi connectivity index (χ4n) is 2.63. The first-order valence-corrected chi connectivity index (χ1v) is 9.57. The summed E-state index contributed by atoms with van der Waals surface area (Å²) in [5, 5.41) is 8.54. The minimum atomic E-state index is -0.916. The number of carboxylic acids is 1. The number of amides is 2. The van der Waals surface area contributed by atoms with E-state index in [9.17, 15) is 18.8 Å². The van der Waals surface area contributed by atoms with Crippen molar-refractivity contribution in [3.8, 4) is 11.3 Å². The number of carbonyl (C=O) groups excluding carboxylic acids is 2. The Morgan fingerprint density at radius 3 is 2.79 bits per heavy atom. The van der Waals surface area contributed by atoms with Crippen molar-refractivity contribution in [2.24, 2.45) is 0 Å². The van der Waals surface area contributed by atoms with E-state index < -0.39 is 22.9 Å². The van der Waals surface area contributed by atoms with Crippen LogP contribution in [0.3, 0.4) is 0 Å². The summed E-state index contributed by atoms with van der Waals surface area (Å²) in [6, 6.07) is 7.10. The lowest BCUT2D eigenvalue weighted by Crippen LogP contribution is -2.29. The highest BCUT2D eigenvalue weighted by molar-refractivity contribution is 8.18. The Hall–Kier alpha value is -2.58. The summed E-state index contributed by atoms with van der Waals surface area (Å²) in [6.07, 6.45) is 2.23. The van der Waals surface area contributed by atoms with Crippen LogP contribution in [0.25, 0.3) is 17.4 Å². The zero-order valence-electron chi connectivity index (χ0n) is 14.5. The number of carbonyl (C=O) groups is 3. The van der Waals surface area contributed by atoms with E-state index in [4.69, 9.17) is 21.1 Å². The van der Waals surface area contributed by atoms with Gasteiger partial charge in [0.05, 0.1) is 9.93 Å². The van der Waals surface area contributed by atoms with Crippen LogP contribution < -0.4 is 0 Å². The van der Waals surface area contributed by atoms with E-state index >= 15 is 0 Å². The minimum Gasteiger partial charge on any atom is -0.481 e. The predicted molar refractivity (Wildman–Crippen MR) is 103 cm³/mol. The van der Waals surface area contributed by atoms with Crippen molar-refractivity contribution in [2.75, 3.05) is 6.54 Å². The van der Waals surface area contributed by atoms with Crippen molar-refractivity contribution in [1.82, 2.24) is 4.90 Å². The molecule has 1 aliphatic rings. The Kier molecular flexibility index (Phi) is 6.21. The van der Waals surface area contributed by atoms with Crippen LogP contribution in [0, 0.1) is 5.82 Å². The number of carboxylic acid groups (broad SMARTS) is 1. The lowest BCUT2D eigenvalue weighted by atomic mass is 10.2. The zero-order valence-corrected chi connectivity index (χ0v) is 16.1. The van der Waals surface area contributed by atoms with Gasteiger partial charge in [0.2, 0.25) is 0 Å². The van der Waals surface area contributed by atoms with Crippen molar-refractivity contribution in [3.05, 3.63) is 51.8 Å². The molecule has 0 radical (unpaired) electrons. The van der Waals surface area contributed by atoms with Crippen molar-refractivity contribution < 1.29 is 28.3 Å². The van der Waals surface area contributed by atoms with E-state index in [-0.39, 0.29) is 17.9 Å². The number of aliphatic carboxylic acids is 1. The molecule has 2 aromatic rings. The number of rotatable bonds is 7. The molecular weight excluding hydrogens is 409 g/mol. The molecule has 6 nitrogen and oxygen atoms in total. The monoisotopic (exact) mass is 423 g/mol. The van der Waals surface area contributed by atoms with Gasteiger partial charge in [-0.3, -0.25) is 19.3 Å². The molecule has 0 aliphatic carbocycles. The Morgan fingerprint density at radius 2 is 2.04 bits per heavy atom. The number of halogens is 2. The molecule has 1 saturated heterocycles. The molecule has 1 N–H and O–H groups in total. The molecule has 0 spiro atoms. The van der Waals surface area contributed by atoms with E-state index in [1.807, 2.05) is 0 Å². The molecular formula is C19H15ClFNO5S.